The fourth-order valence-corrected chi connectivity index (χ4v) is 5.47. The molecule has 186 valence electrons. The highest BCUT2D eigenvalue weighted by molar-refractivity contribution is 5.96. The highest BCUT2D eigenvalue weighted by Gasteiger charge is 2.41. The van der Waals surface area contributed by atoms with Gasteiger partial charge in [-0.3, -0.25) is 14.6 Å². The smallest absolute Gasteiger partial charge is 0.253 e. The number of rotatable bonds is 7. The van der Waals surface area contributed by atoms with Gasteiger partial charge in [-0.25, -0.2) is 4.98 Å². The predicted octanol–water partition coefficient (Wildman–Crippen LogP) is 3.14. The molecule has 2 amide bonds. The van der Waals surface area contributed by atoms with Gasteiger partial charge in [-0.2, -0.15) is 0 Å². The van der Waals surface area contributed by atoms with Crippen LogP contribution in [0, 0.1) is 6.92 Å². The van der Waals surface area contributed by atoms with Gasteiger partial charge in [0.05, 0.1) is 12.2 Å². The number of benzene rings is 1. The molecule has 4 heterocycles. The van der Waals surface area contributed by atoms with Crippen LogP contribution in [0.5, 0.6) is 0 Å². The van der Waals surface area contributed by atoms with Crippen molar-refractivity contribution in [3.05, 3.63) is 88.9 Å². The Kier molecular flexibility index (Phi) is 6.95. The molecule has 2 bridgehead atoms. The predicted molar refractivity (Wildman–Crippen MR) is 137 cm³/mol. The van der Waals surface area contributed by atoms with Crippen molar-refractivity contribution >= 4 is 17.6 Å². The van der Waals surface area contributed by atoms with E-state index in [9.17, 15) is 14.7 Å². The van der Waals surface area contributed by atoms with Gasteiger partial charge in [-0.05, 0) is 73.6 Å². The molecule has 8 nitrogen and oxygen atoms in total. The summed E-state index contributed by atoms with van der Waals surface area (Å²) in [6.45, 7) is 2.29. The van der Waals surface area contributed by atoms with E-state index in [-0.39, 0.29) is 24.5 Å². The zero-order valence-electron chi connectivity index (χ0n) is 20.4. The first-order valence-corrected chi connectivity index (χ1v) is 12.4. The Morgan fingerprint density at radius 2 is 1.83 bits per heavy atom. The van der Waals surface area contributed by atoms with Gasteiger partial charge in [0.15, 0.2) is 0 Å². The van der Waals surface area contributed by atoms with Gasteiger partial charge in [-0.1, -0.05) is 18.2 Å². The first-order valence-electron chi connectivity index (χ1n) is 12.4. The van der Waals surface area contributed by atoms with Crippen LogP contribution in [-0.2, 0) is 13.2 Å². The van der Waals surface area contributed by atoms with Gasteiger partial charge in [0.1, 0.15) is 5.82 Å². The van der Waals surface area contributed by atoms with Crippen LogP contribution < -0.4 is 15.5 Å². The SMILES string of the molecule is Cc1cc(CO)ccc1C(=O)N[C@H]1C[C@H]2CC[C@@H](C1)N2c1ccc(C(=O)NCc2cccnc2)cn1. The van der Waals surface area contributed by atoms with E-state index in [1.807, 2.05) is 37.3 Å². The second-order valence-electron chi connectivity index (χ2n) is 9.69. The van der Waals surface area contributed by atoms with Crippen LogP contribution in [-0.4, -0.2) is 45.0 Å². The number of piperidine rings is 1. The zero-order chi connectivity index (χ0) is 25.1. The van der Waals surface area contributed by atoms with Crippen LogP contribution in [0.2, 0.25) is 0 Å². The maximum atomic E-state index is 12.9. The number of amides is 2. The fourth-order valence-electron chi connectivity index (χ4n) is 5.47. The Morgan fingerprint density at radius 1 is 1.03 bits per heavy atom. The summed E-state index contributed by atoms with van der Waals surface area (Å²) >= 11 is 0. The monoisotopic (exact) mass is 485 g/mol. The van der Waals surface area contributed by atoms with E-state index < -0.39 is 0 Å². The van der Waals surface area contributed by atoms with Crippen molar-refractivity contribution in [2.45, 2.75) is 63.9 Å². The van der Waals surface area contributed by atoms with E-state index in [1.165, 1.54) is 0 Å². The summed E-state index contributed by atoms with van der Waals surface area (Å²) in [5.41, 5.74) is 3.80. The second kappa shape index (κ2) is 10.5. The highest BCUT2D eigenvalue weighted by atomic mass is 16.3. The summed E-state index contributed by atoms with van der Waals surface area (Å²) in [5, 5.41) is 15.5. The van der Waals surface area contributed by atoms with Crippen molar-refractivity contribution in [2.24, 2.45) is 0 Å². The average Bonchev–Trinajstić information content (AvgIpc) is 3.17. The lowest BCUT2D eigenvalue weighted by atomic mass is 9.96. The topological polar surface area (TPSA) is 107 Å². The number of nitrogens with one attached hydrogen (secondary N) is 2. The molecular formula is C28H31N5O3. The molecule has 0 radical (unpaired) electrons. The molecule has 0 saturated carbocycles. The first kappa shape index (κ1) is 23.9. The van der Waals surface area contributed by atoms with Crippen LogP contribution in [0.25, 0.3) is 0 Å². The molecule has 3 N–H and O–H groups in total. The third kappa shape index (κ3) is 5.09. The fraction of sp³-hybridized carbons (Fsp3) is 0.357. The van der Waals surface area contributed by atoms with Crippen LogP contribution in [0.3, 0.4) is 0 Å². The molecule has 1 aromatic carbocycles. The molecule has 36 heavy (non-hydrogen) atoms. The normalized spacial score (nSPS) is 20.7. The van der Waals surface area contributed by atoms with Gasteiger partial charge in [0, 0.05) is 48.8 Å². The Labute approximate surface area is 210 Å². The van der Waals surface area contributed by atoms with Gasteiger partial charge in [0.25, 0.3) is 11.8 Å². The lowest BCUT2D eigenvalue weighted by Gasteiger charge is -2.40. The first-order chi connectivity index (χ1) is 17.5. The van der Waals surface area contributed by atoms with E-state index in [1.54, 1.807) is 30.7 Å². The van der Waals surface area contributed by atoms with Gasteiger partial charge >= 0.3 is 0 Å². The van der Waals surface area contributed by atoms with Crippen LogP contribution in [0.15, 0.2) is 61.1 Å². The van der Waals surface area contributed by atoms with E-state index in [0.29, 0.717) is 29.8 Å². The number of carbonyl (C=O) groups excluding carboxylic acids is 2. The molecule has 0 unspecified atom stereocenters. The molecule has 2 aliphatic heterocycles. The number of aliphatic hydroxyl groups excluding tert-OH is 1. The number of anilines is 1. The number of aliphatic hydroxyl groups is 1. The van der Waals surface area contributed by atoms with E-state index in [2.05, 4.69) is 25.5 Å². The lowest BCUT2D eigenvalue weighted by Crippen LogP contribution is -2.50. The number of aromatic nitrogens is 2. The Hall–Kier alpha value is -3.78. The second-order valence-corrected chi connectivity index (χ2v) is 9.69. The Bertz CT molecular complexity index is 1220. The molecule has 2 fully saturated rings. The van der Waals surface area contributed by atoms with Gasteiger partial charge in [0.2, 0.25) is 0 Å². The molecule has 0 aliphatic carbocycles. The van der Waals surface area contributed by atoms with E-state index in [4.69, 9.17) is 0 Å². The number of nitrogens with zero attached hydrogens (tertiary/aromatic N) is 3. The van der Waals surface area contributed by atoms with Crippen molar-refractivity contribution in [1.82, 2.24) is 20.6 Å². The minimum absolute atomic E-state index is 0.0321. The molecule has 2 saturated heterocycles. The summed E-state index contributed by atoms with van der Waals surface area (Å²) < 4.78 is 0. The average molecular weight is 486 g/mol. The summed E-state index contributed by atoms with van der Waals surface area (Å²) in [4.78, 5) is 36.5. The van der Waals surface area contributed by atoms with Crippen molar-refractivity contribution in [1.29, 1.82) is 0 Å². The van der Waals surface area contributed by atoms with Crippen molar-refractivity contribution in [2.75, 3.05) is 4.90 Å². The minimum Gasteiger partial charge on any atom is -0.392 e. The number of carbonyl (C=O) groups is 2. The maximum absolute atomic E-state index is 12.9. The number of fused-ring (bicyclic) bond motifs is 2. The third-order valence-electron chi connectivity index (χ3n) is 7.24. The summed E-state index contributed by atoms with van der Waals surface area (Å²) in [5.74, 6) is 0.658. The molecule has 5 rings (SSSR count). The van der Waals surface area contributed by atoms with Crippen molar-refractivity contribution in [3.8, 4) is 0 Å². The molecular weight excluding hydrogens is 454 g/mol. The van der Waals surface area contributed by atoms with Crippen LogP contribution in [0.4, 0.5) is 5.82 Å². The van der Waals surface area contributed by atoms with Gasteiger partial charge in [-0.15, -0.1) is 0 Å². The highest BCUT2D eigenvalue weighted by Crippen LogP contribution is 2.38. The van der Waals surface area contributed by atoms with E-state index in [0.717, 1.165) is 48.2 Å². The van der Waals surface area contributed by atoms with Crippen molar-refractivity contribution in [3.63, 3.8) is 0 Å². The summed E-state index contributed by atoms with van der Waals surface area (Å²) in [6, 6.07) is 13.7. The molecule has 3 atom stereocenters. The quantitative estimate of drug-likeness (QED) is 0.475. The minimum atomic E-state index is -0.162. The maximum Gasteiger partial charge on any atom is 0.253 e. The Balaban J connectivity index is 1.19. The van der Waals surface area contributed by atoms with E-state index >= 15 is 0 Å². The zero-order valence-corrected chi connectivity index (χ0v) is 20.4. The van der Waals surface area contributed by atoms with Crippen LogP contribution >= 0.6 is 0 Å². The molecule has 3 aromatic rings. The number of hydrogen-bond donors (Lipinski definition) is 3. The summed E-state index contributed by atoms with van der Waals surface area (Å²) in [7, 11) is 0. The summed E-state index contributed by atoms with van der Waals surface area (Å²) in [6.07, 6.45) is 8.94. The molecule has 2 aliphatic rings. The largest absolute Gasteiger partial charge is 0.392 e. The molecule has 8 heteroatoms. The number of pyridine rings is 2. The lowest BCUT2D eigenvalue weighted by molar-refractivity contribution is 0.0924. The molecule has 0 spiro atoms. The van der Waals surface area contributed by atoms with Crippen molar-refractivity contribution < 1.29 is 14.7 Å². The van der Waals surface area contributed by atoms with Crippen LogP contribution in [0.1, 0.15) is 63.1 Å². The molecule has 2 aromatic heterocycles. The number of aryl methyl sites for hydroxylation is 1. The third-order valence-corrected chi connectivity index (χ3v) is 7.24. The number of hydrogen-bond acceptors (Lipinski definition) is 6. The Morgan fingerprint density at radius 3 is 2.47 bits per heavy atom. The van der Waals surface area contributed by atoms with Gasteiger partial charge < -0.3 is 20.6 Å². The standard InChI is InChI=1S/C28H31N5O3/c1-18-11-19(17-34)4-8-25(18)28(36)32-22-12-23-6-7-24(13-22)33(23)26-9-5-21(16-30-26)27(35)31-15-20-3-2-10-29-14-20/h2-5,8-11,14,16,22-24,34H,6-7,12-13,15,17H2,1H3,(H,31,35)(H,32,36)/t22-,23+,24-.